The maximum absolute atomic E-state index is 12.1. The number of furan rings is 1. The van der Waals surface area contributed by atoms with Crippen LogP contribution in [0.25, 0.3) is 10.9 Å². The van der Waals surface area contributed by atoms with E-state index in [0.717, 1.165) is 16.5 Å². The van der Waals surface area contributed by atoms with Gasteiger partial charge in [-0.25, -0.2) is 9.59 Å². The molecule has 8 heteroatoms. The molecular formula is C19H18N2O6. The fourth-order valence-corrected chi connectivity index (χ4v) is 2.69. The Morgan fingerprint density at radius 2 is 2.00 bits per heavy atom. The lowest BCUT2D eigenvalue weighted by molar-refractivity contribution is -0.145. The van der Waals surface area contributed by atoms with Crippen molar-refractivity contribution in [3.05, 3.63) is 60.2 Å². The zero-order valence-electron chi connectivity index (χ0n) is 14.6. The van der Waals surface area contributed by atoms with Gasteiger partial charge in [-0.3, -0.25) is 4.79 Å². The number of aromatic nitrogens is 1. The lowest BCUT2D eigenvalue weighted by Crippen LogP contribution is -2.44. The standard InChI is InChI=1S/C19H18N2O6/c1-25-18(23)15(9-12-10-20-14-6-3-2-5-13(12)14)21-17(22)11-27-19(24)16-7-4-8-26-16/h2-8,10,15,20H,9,11H2,1H3,(H,21,22)/t15-/m1/s1. The van der Waals surface area contributed by atoms with E-state index in [1.54, 1.807) is 6.20 Å². The number of rotatable bonds is 7. The highest BCUT2D eigenvalue weighted by molar-refractivity contribution is 5.90. The lowest BCUT2D eigenvalue weighted by atomic mass is 10.0. The van der Waals surface area contributed by atoms with Crippen LogP contribution in [0.3, 0.4) is 0 Å². The van der Waals surface area contributed by atoms with Crippen molar-refractivity contribution in [3.63, 3.8) is 0 Å². The Morgan fingerprint density at radius 3 is 2.74 bits per heavy atom. The molecule has 2 aromatic heterocycles. The highest BCUT2D eigenvalue weighted by Crippen LogP contribution is 2.19. The van der Waals surface area contributed by atoms with Crippen LogP contribution < -0.4 is 5.32 Å². The van der Waals surface area contributed by atoms with Gasteiger partial charge in [0.1, 0.15) is 6.04 Å². The minimum Gasteiger partial charge on any atom is -0.467 e. The molecule has 0 aliphatic carbocycles. The summed E-state index contributed by atoms with van der Waals surface area (Å²) < 4.78 is 14.5. The van der Waals surface area contributed by atoms with Crippen LogP contribution >= 0.6 is 0 Å². The molecule has 2 N–H and O–H groups in total. The number of ether oxygens (including phenoxy) is 2. The second kappa shape index (κ2) is 8.22. The third kappa shape index (κ3) is 4.35. The Labute approximate surface area is 154 Å². The molecular weight excluding hydrogens is 352 g/mol. The number of fused-ring (bicyclic) bond motifs is 1. The van der Waals surface area contributed by atoms with Crippen LogP contribution in [0.15, 0.2) is 53.3 Å². The molecule has 0 saturated heterocycles. The van der Waals surface area contributed by atoms with Gasteiger partial charge in [0.2, 0.25) is 5.76 Å². The van der Waals surface area contributed by atoms with Gasteiger partial charge in [-0.15, -0.1) is 0 Å². The summed E-state index contributed by atoms with van der Waals surface area (Å²) in [7, 11) is 1.24. The van der Waals surface area contributed by atoms with Gasteiger partial charge in [0, 0.05) is 23.5 Å². The van der Waals surface area contributed by atoms with Gasteiger partial charge >= 0.3 is 11.9 Å². The summed E-state index contributed by atoms with van der Waals surface area (Å²) in [6, 6.07) is 9.67. The highest BCUT2D eigenvalue weighted by Gasteiger charge is 2.24. The van der Waals surface area contributed by atoms with Gasteiger partial charge in [0.05, 0.1) is 13.4 Å². The minimum atomic E-state index is -0.913. The van der Waals surface area contributed by atoms with Crippen molar-refractivity contribution in [3.8, 4) is 0 Å². The van der Waals surface area contributed by atoms with Crippen LogP contribution in [0.2, 0.25) is 0 Å². The minimum absolute atomic E-state index is 0.00823. The molecule has 1 atom stereocenters. The van der Waals surface area contributed by atoms with E-state index in [4.69, 9.17) is 13.9 Å². The third-order valence-electron chi connectivity index (χ3n) is 3.98. The topological polar surface area (TPSA) is 111 Å². The predicted octanol–water partition coefficient (Wildman–Crippen LogP) is 1.82. The molecule has 3 rings (SSSR count). The Hall–Kier alpha value is -3.55. The van der Waals surface area contributed by atoms with Crippen molar-refractivity contribution in [1.82, 2.24) is 10.3 Å². The average molecular weight is 370 g/mol. The maximum atomic E-state index is 12.1. The SMILES string of the molecule is COC(=O)[C@@H](Cc1c[nH]c2ccccc12)NC(=O)COC(=O)c1ccco1. The van der Waals surface area contributed by atoms with Gasteiger partial charge in [-0.1, -0.05) is 18.2 Å². The van der Waals surface area contributed by atoms with E-state index < -0.39 is 30.5 Å². The van der Waals surface area contributed by atoms with Crippen molar-refractivity contribution in [2.24, 2.45) is 0 Å². The Bertz CT molecular complexity index is 944. The first-order chi connectivity index (χ1) is 13.1. The van der Waals surface area contributed by atoms with E-state index in [1.165, 1.54) is 25.5 Å². The molecule has 0 fully saturated rings. The van der Waals surface area contributed by atoms with Crippen LogP contribution in [0, 0.1) is 0 Å². The molecule has 27 heavy (non-hydrogen) atoms. The molecule has 0 bridgehead atoms. The fourth-order valence-electron chi connectivity index (χ4n) is 2.69. The normalized spacial score (nSPS) is 11.7. The lowest BCUT2D eigenvalue weighted by Gasteiger charge is -2.16. The highest BCUT2D eigenvalue weighted by atomic mass is 16.5. The summed E-state index contributed by atoms with van der Waals surface area (Å²) >= 11 is 0. The Kier molecular flexibility index (Phi) is 5.55. The van der Waals surface area contributed by atoms with E-state index in [2.05, 4.69) is 10.3 Å². The first-order valence-electron chi connectivity index (χ1n) is 8.21. The second-order valence-electron chi connectivity index (χ2n) is 5.76. The monoisotopic (exact) mass is 370 g/mol. The molecule has 140 valence electrons. The van der Waals surface area contributed by atoms with Gasteiger partial charge in [0.25, 0.3) is 5.91 Å². The number of carbonyl (C=O) groups excluding carboxylic acids is 3. The summed E-state index contributed by atoms with van der Waals surface area (Å²) in [5.41, 5.74) is 1.78. The number of hydrogen-bond acceptors (Lipinski definition) is 6. The van der Waals surface area contributed by atoms with Crippen LogP contribution in [-0.2, 0) is 25.5 Å². The molecule has 0 radical (unpaired) electrons. The molecule has 0 saturated carbocycles. The van der Waals surface area contributed by atoms with E-state index >= 15 is 0 Å². The second-order valence-corrected chi connectivity index (χ2v) is 5.76. The average Bonchev–Trinajstić information content (AvgIpc) is 3.35. The number of hydrogen-bond donors (Lipinski definition) is 2. The van der Waals surface area contributed by atoms with Crippen LogP contribution in [0.1, 0.15) is 16.1 Å². The van der Waals surface area contributed by atoms with Crippen LogP contribution in [0.5, 0.6) is 0 Å². The first kappa shape index (κ1) is 18.2. The van der Waals surface area contributed by atoms with Crippen LogP contribution in [-0.4, -0.2) is 42.6 Å². The predicted molar refractivity (Wildman–Crippen MR) is 94.9 cm³/mol. The third-order valence-corrected chi connectivity index (χ3v) is 3.98. The number of para-hydroxylation sites is 1. The molecule has 2 heterocycles. The van der Waals surface area contributed by atoms with Crippen molar-refractivity contribution >= 4 is 28.7 Å². The quantitative estimate of drug-likeness (QED) is 0.614. The van der Waals surface area contributed by atoms with Crippen molar-refractivity contribution in [2.45, 2.75) is 12.5 Å². The van der Waals surface area contributed by atoms with E-state index in [9.17, 15) is 14.4 Å². The molecule has 1 amide bonds. The molecule has 8 nitrogen and oxygen atoms in total. The first-order valence-corrected chi connectivity index (χ1v) is 8.21. The number of nitrogens with one attached hydrogen (secondary N) is 2. The number of aromatic amines is 1. The summed E-state index contributed by atoms with van der Waals surface area (Å²) in [5, 5.41) is 3.49. The fraction of sp³-hybridized carbons (Fsp3) is 0.211. The maximum Gasteiger partial charge on any atom is 0.374 e. The van der Waals surface area contributed by atoms with Crippen LogP contribution in [0.4, 0.5) is 0 Å². The molecule has 0 aliphatic rings. The number of methoxy groups -OCH3 is 1. The van der Waals surface area contributed by atoms with Gasteiger partial charge in [0.15, 0.2) is 6.61 Å². The zero-order chi connectivity index (χ0) is 19.2. The van der Waals surface area contributed by atoms with Crippen molar-refractivity contribution in [1.29, 1.82) is 0 Å². The summed E-state index contributed by atoms with van der Waals surface area (Å²) in [6.07, 6.45) is 3.34. The summed E-state index contributed by atoms with van der Waals surface area (Å²) in [4.78, 5) is 39.0. The van der Waals surface area contributed by atoms with Gasteiger partial charge < -0.3 is 24.2 Å². The number of carbonyl (C=O) groups is 3. The number of esters is 2. The van der Waals surface area contributed by atoms with Gasteiger partial charge in [-0.2, -0.15) is 0 Å². The number of H-pyrrole nitrogens is 1. The molecule has 0 unspecified atom stereocenters. The molecule has 1 aromatic carbocycles. The van der Waals surface area contributed by atoms with Crippen molar-refractivity contribution in [2.75, 3.05) is 13.7 Å². The molecule has 0 aliphatic heterocycles. The largest absolute Gasteiger partial charge is 0.467 e. The van der Waals surface area contributed by atoms with E-state index in [1.807, 2.05) is 24.3 Å². The zero-order valence-corrected chi connectivity index (χ0v) is 14.6. The smallest absolute Gasteiger partial charge is 0.374 e. The number of benzene rings is 1. The van der Waals surface area contributed by atoms with Crippen molar-refractivity contribution < 1.29 is 28.3 Å². The molecule has 3 aromatic rings. The van der Waals surface area contributed by atoms with Gasteiger partial charge in [-0.05, 0) is 23.8 Å². The Morgan fingerprint density at radius 1 is 1.19 bits per heavy atom. The number of amides is 1. The molecule has 0 spiro atoms. The summed E-state index contributed by atoms with van der Waals surface area (Å²) in [6.45, 7) is -0.541. The summed E-state index contributed by atoms with van der Waals surface area (Å²) in [5.74, 6) is -1.98. The Balaban J connectivity index is 1.63. The van der Waals surface area contributed by atoms with E-state index in [0.29, 0.717) is 0 Å². The van der Waals surface area contributed by atoms with E-state index in [-0.39, 0.29) is 12.2 Å².